The van der Waals surface area contributed by atoms with Crippen LogP contribution in [0, 0.1) is 39.4 Å². The summed E-state index contributed by atoms with van der Waals surface area (Å²) in [4.78, 5) is 112. The fourth-order valence-electron chi connectivity index (χ4n) is 13.1. The first-order chi connectivity index (χ1) is 34.8. The van der Waals surface area contributed by atoms with E-state index in [4.69, 9.17) is 53.2 Å². The lowest BCUT2D eigenvalue weighted by atomic mass is 9.55. The Balaban J connectivity index is 1.75. The second-order valence-electron chi connectivity index (χ2n) is 21.9. The summed E-state index contributed by atoms with van der Waals surface area (Å²) >= 11 is 0. The van der Waals surface area contributed by atoms with Crippen molar-refractivity contribution >= 4 is 58.9 Å². The van der Waals surface area contributed by atoms with E-state index in [0.717, 1.165) is 0 Å². The normalized spacial score (nSPS) is 32.4. The van der Waals surface area contributed by atoms with E-state index < -0.39 is 92.4 Å². The molecule has 0 radical (unpaired) electrons. The number of fused-ring (bicyclic) bond motifs is 9. The van der Waals surface area contributed by atoms with Gasteiger partial charge in [0, 0.05) is 101 Å². The van der Waals surface area contributed by atoms with Crippen molar-refractivity contribution in [3.05, 3.63) is 34.3 Å². The number of hydrogen-bond acceptors (Lipinski definition) is 19. The number of carbonyl (C=O) groups is 7. The maximum atomic E-state index is 14.1. The van der Waals surface area contributed by atoms with Gasteiger partial charge in [-0.15, -0.1) is 0 Å². The molecule has 2 saturated heterocycles. The topological polar surface area (TPSA) is 265 Å². The predicted molar refractivity (Wildman–Crippen MR) is 270 cm³/mol. The molecule has 0 aromatic carbocycles. The van der Waals surface area contributed by atoms with Crippen LogP contribution in [0.4, 0.5) is 0 Å². The summed E-state index contributed by atoms with van der Waals surface area (Å²) in [5.74, 6) is -5.15. The largest absolute Gasteiger partial charge is 0.469 e. The molecule has 1 unspecified atom stereocenters. The number of methoxy groups -OCH3 is 5. The maximum Gasteiger partial charge on any atom is 0.307 e. The number of aliphatic hydroxyl groups excluding tert-OH is 1. The predicted octanol–water partition coefficient (Wildman–Crippen LogP) is 5.00. The maximum absolute atomic E-state index is 14.1. The number of carbonyl (C=O) groups excluding carboxylic acids is 7. The summed E-state index contributed by atoms with van der Waals surface area (Å²) in [5, 5.41) is 15.8. The summed E-state index contributed by atoms with van der Waals surface area (Å²) in [6.07, 6.45) is 1.94. The van der Waals surface area contributed by atoms with E-state index >= 15 is 0 Å². The van der Waals surface area contributed by atoms with Gasteiger partial charge < -0.3 is 48.9 Å². The molecule has 0 aromatic heterocycles. The van der Waals surface area contributed by atoms with Crippen molar-refractivity contribution in [3.63, 3.8) is 0 Å². The molecule has 9 atom stereocenters. The lowest BCUT2D eigenvalue weighted by Crippen LogP contribution is -2.55. The van der Waals surface area contributed by atoms with Crippen molar-refractivity contribution in [1.82, 2.24) is 10.6 Å². The Labute approximate surface area is 433 Å². The van der Waals surface area contributed by atoms with Crippen LogP contribution in [-0.4, -0.2) is 143 Å². The lowest BCUT2D eigenvalue weighted by molar-refractivity contribution is -0.148. The second-order valence-corrected chi connectivity index (χ2v) is 21.9. The number of nitrogens with one attached hydrogen (secondary N) is 2. The van der Waals surface area contributed by atoms with Crippen LogP contribution in [0.2, 0.25) is 0 Å². The Kier molecular flexibility index (Phi) is 17.3. The van der Waals surface area contributed by atoms with E-state index in [1.165, 1.54) is 35.5 Å². The molecule has 408 valence electrons. The smallest absolute Gasteiger partial charge is 0.307 e. The number of aliphatic hydroxyl groups is 1. The van der Waals surface area contributed by atoms with Gasteiger partial charge in [0.05, 0.1) is 97.3 Å². The summed E-state index contributed by atoms with van der Waals surface area (Å²) in [7, 11) is 6.55. The minimum atomic E-state index is -1.47. The van der Waals surface area contributed by atoms with Crippen molar-refractivity contribution < 1.29 is 71.8 Å². The minimum absolute atomic E-state index is 0.0397. The van der Waals surface area contributed by atoms with Gasteiger partial charge in [-0.05, 0) is 64.2 Å². The average Bonchev–Trinajstić information content (AvgIpc) is 4.04. The van der Waals surface area contributed by atoms with E-state index in [2.05, 4.69) is 10.6 Å². The van der Waals surface area contributed by atoms with Crippen LogP contribution >= 0.6 is 0 Å². The molecule has 6 heterocycles. The second kappa shape index (κ2) is 22.2. The number of aliphatic imine (C=N–C) groups is 3. The highest BCUT2D eigenvalue weighted by Crippen LogP contribution is 2.64. The zero-order valence-corrected chi connectivity index (χ0v) is 45.5. The Hall–Kier alpha value is -5.76. The Bertz CT molecular complexity index is 2490. The molecule has 6 rings (SSSR count). The molecule has 74 heavy (non-hydrogen) atoms. The number of esters is 6. The SMILES string of the molecule is COC(=O)CC[C@@H]1C2=C(C)C3=NC([C@H](CC(=O)OC)[C@@]3(C)CCC(=O)OC)[C@]3(C)N=C(/C(C)=C4\NC(=CC(=N2)C1(C)C)[C@]1(CCC(=O)NCCOCCO)OC(=O)C[C@]41C)[C@@H](CCC(=O)OC)[C@]3(C)CC(=O)OC. The first-order valence-electron chi connectivity index (χ1n) is 25.5. The third kappa shape index (κ3) is 10.1. The third-order valence-electron chi connectivity index (χ3n) is 17.7. The molecule has 8 bridgehead atoms. The van der Waals surface area contributed by atoms with E-state index in [1.807, 2.05) is 61.5 Å². The summed E-state index contributed by atoms with van der Waals surface area (Å²) < 4.78 is 38.3. The molecule has 20 heteroatoms. The number of rotatable bonds is 21. The van der Waals surface area contributed by atoms with Crippen LogP contribution in [0.5, 0.6) is 0 Å². The monoisotopic (exact) mass is 1040 g/mol. The van der Waals surface area contributed by atoms with Gasteiger partial charge in [0.2, 0.25) is 5.91 Å². The van der Waals surface area contributed by atoms with Gasteiger partial charge >= 0.3 is 35.8 Å². The highest BCUT2D eigenvalue weighted by Gasteiger charge is 2.69. The van der Waals surface area contributed by atoms with Gasteiger partial charge in [-0.2, -0.15) is 0 Å². The van der Waals surface area contributed by atoms with Gasteiger partial charge in [0.1, 0.15) is 0 Å². The van der Waals surface area contributed by atoms with E-state index in [1.54, 1.807) is 0 Å². The highest BCUT2D eigenvalue weighted by molar-refractivity contribution is 6.10. The zero-order chi connectivity index (χ0) is 54.8. The highest BCUT2D eigenvalue weighted by atomic mass is 16.6. The van der Waals surface area contributed by atoms with Crippen LogP contribution in [0.15, 0.2) is 49.3 Å². The lowest BCUT2D eigenvalue weighted by Gasteiger charge is -2.48. The first-order valence-corrected chi connectivity index (χ1v) is 25.5. The fourth-order valence-corrected chi connectivity index (χ4v) is 13.1. The van der Waals surface area contributed by atoms with E-state index in [9.17, 15) is 33.6 Å². The molecule has 0 aliphatic carbocycles. The Morgan fingerprint density at radius 2 is 1.39 bits per heavy atom. The number of amides is 1. The Morgan fingerprint density at radius 3 is 2.00 bits per heavy atom. The van der Waals surface area contributed by atoms with E-state index in [-0.39, 0.29) is 96.5 Å². The molecule has 0 aromatic rings. The average molecular weight is 1040 g/mol. The molecule has 1 amide bonds. The van der Waals surface area contributed by atoms with Crippen molar-refractivity contribution in [3.8, 4) is 0 Å². The van der Waals surface area contributed by atoms with Gasteiger partial charge in [0.15, 0.2) is 5.60 Å². The molecular formula is C54H77N5O15. The van der Waals surface area contributed by atoms with Crippen LogP contribution in [-0.2, 0) is 66.7 Å². The minimum Gasteiger partial charge on any atom is -0.469 e. The zero-order valence-electron chi connectivity index (χ0n) is 45.5. The molecule has 6 aliphatic heterocycles. The van der Waals surface area contributed by atoms with E-state index in [0.29, 0.717) is 51.8 Å². The summed E-state index contributed by atoms with van der Waals surface area (Å²) in [6.45, 7) is 15.9. The van der Waals surface area contributed by atoms with Crippen molar-refractivity contribution in [2.75, 3.05) is 61.9 Å². The molecular weight excluding hydrogens is 959 g/mol. The first kappa shape index (κ1) is 57.5. The van der Waals surface area contributed by atoms with Gasteiger partial charge in [-0.25, -0.2) is 0 Å². The van der Waals surface area contributed by atoms with Crippen LogP contribution in [0.3, 0.4) is 0 Å². The van der Waals surface area contributed by atoms with Crippen molar-refractivity contribution in [2.24, 2.45) is 54.4 Å². The summed E-state index contributed by atoms with van der Waals surface area (Å²) in [5.41, 5.74) is -2.60. The van der Waals surface area contributed by atoms with Crippen molar-refractivity contribution in [1.29, 1.82) is 0 Å². The number of allylic oxidation sites excluding steroid dienone is 4. The van der Waals surface area contributed by atoms with Crippen LogP contribution < -0.4 is 10.6 Å². The van der Waals surface area contributed by atoms with Crippen molar-refractivity contribution in [2.45, 2.75) is 143 Å². The fraction of sp³-hybridized carbons (Fsp3) is 0.704. The molecule has 0 saturated carbocycles. The van der Waals surface area contributed by atoms with Crippen LogP contribution in [0.25, 0.3) is 0 Å². The molecule has 0 spiro atoms. The molecule has 2 fully saturated rings. The molecule has 20 nitrogen and oxygen atoms in total. The number of nitrogens with zero attached hydrogens (tertiary/aromatic N) is 3. The van der Waals surface area contributed by atoms with Gasteiger partial charge in [-0.1, -0.05) is 27.7 Å². The molecule has 6 aliphatic rings. The van der Waals surface area contributed by atoms with Gasteiger partial charge in [-0.3, -0.25) is 48.5 Å². The molecule has 3 N–H and O–H groups in total. The summed E-state index contributed by atoms with van der Waals surface area (Å²) in [6, 6.07) is -0.902. The van der Waals surface area contributed by atoms with Crippen LogP contribution in [0.1, 0.15) is 126 Å². The third-order valence-corrected chi connectivity index (χ3v) is 17.7. The standard InChI is InChI=1S/C54H77N5O15/c1-30-44-32(14-16-38(62)68-9)49(3,4)35(56-44)27-36-54(21-18-37(61)55-22-24-73-25-23-60)52(7,29-43(67)74-54)47(57-36)31(2)45-33(15-17-39(63)69-10)51(6,28-42(66)72-13)53(8,59-45)48-34(26-41(65)71-12)50(5,46(30)58-48)20-19-40(64)70-11/h27,32-34,48,57,60H,14-26,28-29H2,1-13H3,(H,55,61)/b36-27?,44-30?,47-31-/t32-,33-,34+,48?,50-,51+,52-,53+,54+/m1/s1. The van der Waals surface area contributed by atoms with Gasteiger partial charge in [0.25, 0.3) is 0 Å². The Morgan fingerprint density at radius 1 is 0.784 bits per heavy atom. The quantitative estimate of drug-likeness (QED) is 0.0776. The number of ether oxygens (including phenoxy) is 7. The number of hydrogen-bond donors (Lipinski definition) is 3.